The molecule has 0 amide bonds. The predicted octanol–water partition coefficient (Wildman–Crippen LogP) is 25.0. The van der Waals surface area contributed by atoms with Crippen molar-refractivity contribution in [1.29, 1.82) is 0 Å². The molecule has 8 heterocycles. The van der Waals surface area contributed by atoms with Crippen LogP contribution in [0.2, 0.25) is 0 Å². The highest BCUT2D eigenvalue weighted by Gasteiger charge is 2.46. The van der Waals surface area contributed by atoms with Crippen LogP contribution in [0.3, 0.4) is 0 Å². The summed E-state index contributed by atoms with van der Waals surface area (Å²) in [4.78, 5) is 10.3. The summed E-state index contributed by atoms with van der Waals surface area (Å²) in [6, 6.07) is 19.0. The van der Waals surface area contributed by atoms with Gasteiger partial charge in [0.25, 0.3) is 0 Å². The van der Waals surface area contributed by atoms with Crippen LogP contribution in [-0.4, -0.2) is 17.5 Å². The number of thiophene rings is 4. The highest BCUT2D eigenvalue weighted by Crippen LogP contribution is 2.61. The molecule has 0 saturated carbocycles. The minimum absolute atomic E-state index is 0.381. The molecule has 0 radical (unpaired) electrons. The van der Waals surface area contributed by atoms with Gasteiger partial charge < -0.3 is 9.47 Å². The smallest absolute Gasteiger partial charge is 0.140 e. The summed E-state index contributed by atoms with van der Waals surface area (Å²) in [5.41, 5.74) is 10.6. The number of fused-ring (bicyclic) bond motifs is 8. The SMILES string of the molecule is Cc1cc2c(s1)-c1sc(-c3ccc(-c4cc5c(s4)-c4sc(-c6ccc(C)c7nsnc67)cc4OC5(CCC(C)CCCC(C)C)CCC(C)CCCC(C)C)c4nsnc34)cc1C(CCC(C)CCCC(C)C)(CCC(C)CCCC(C)C)O2. The zero-order chi connectivity index (χ0) is 59.5. The average molecular weight is 1240 g/mol. The van der Waals surface area contributed by atoms with Crippen LogP contribution in [0, 0.1) is 61.2 Å². The van der Waals surface area contributed by atoms with Crippen LogP contribution in [-0.2, 0) is 11.2 Å². The topological polar surface area (TPSA) is 70.0 Å². The molecule has 4 atom stereocenters. The first-order valence-corrected chi connectivity index (χ1v) is 37.4. The summed E-state index contributed by atoms with van der Waals surface area (Å²) in [5.74, 6) is 7.58. The number of benzene rings is 2. The minimum atomic E-state index is -0.459. The van der Waals surface area contributed by atoms with Crippen molar-refractivity contribution >= 4 is 90.9 Å². The number of nitrogens with zero attached hydrogens (tertiary/aromatic N) is 4. The number of aromatic nitrogens is 4. The molecule has 0 saturated heterocycles. The second-order valence-electron chi connectivity index (χ2n) is 28.1. The van der Waals surface area contributed by atoms with Crippen molar-refractivity contribution in [2.24, 2.45) is 47.3 Å². The molecule has 0 N–H and O–H groups in total. The van der Waals surface area contributed by atoms with E-state index in [2.05, 4.69) is 145 Å². The average Bonchev–Trinajstić information content (AvgIpc) is 2.11. The molecule has 0 fully saturated rings. The van der Waals surface area contributed by atoms with Gasteiger partial charge in [-0.2, -0.15) is 17.5 Å². The van der Waals surface area contributed by atoms with E-state index < -0.39 is 5.60 Å². The second-order valence-corrected chi connectivity index (χ2v) is 33.6. The fourth-order valence-electron chi connectivity index (χ4n) is 13.5. The highest BCUT2D eigenvalue weighted by atomic mass is 32.1. The lowest BCUT2D eigenvalue weighted by molar-refractivity contribution is 0.0322. The van der Waals surface area contributed by atoms with Crippen LogP contribution in [0.25, 0.3) is 72.9 Å². The van der Waals surface area contributed by atoms with E-state index in [1.54, 1.807) is 0 Å². The first-order chi connectivity index (χ1) is 40.3. The van der Waals surface area contributed by atoms with E-state index in [9.17, 15) is 0 Å². The minimum Gasteiger partial charge on any atom is -0.481 e. The summed E-state index contributed by atoms with van der Waals surface area (Å²) in [5, 5.41) is 0. The number of hydrogen-bond donors (Lipinski definition) is 0. The molecule has 10 rings (SSSR count). The molecule has 454 valence electrons. The fraction of sp³-hybridized carbons (Fsp3) is 0.611. The maximum Gasteiger partial charge on any atom is 0.140 e. The van der Waals surface area contributed by atoms with Gasteiger partial charge in [0.15, 0.2) is 0 Å². The third-order valence-electron chi connectivity index (χ3n) is 18.9. The molecule has 12 heteroatoms. The van der Waals surface area contributed by atoms with Crippen molar-refractivity contribution in [2.45, 2.75) is 237 Å². The van der Waals surface area contributed by atoms with E-state index in [4.69, 9.17) is 27.0 Å². The van der Waals surface area contributed by atoms with Crippen molar-refractivity contribution in [3.8, 4) is 62.3 Å². The quantitative estimate of drug-likeness (QED) is 0.0431. The lowest BCUT2D eigenvalue weighted by atomic mass is 9.78. The van der Waals surface area contributed by atoms with Gasteiger partial charge >= 0.3 is 0 Å². The Morgan fingerprint density at radius 2 is 0.702 bits per heavy atom. The van der Waals surface area contributed by atoms with Crippen LogP contribution >= 0.6 is 68.8 Å². The Kier molecular flexibility index (Phi) is 21.1. The molecule has 0 aliphatic carbocycles. The lowest BCUT2D eigenvalue weighted by Crippen LogP contribution is -2.36. The van der Waals surface area contributed by atoms with Gasteiger partial charge in [-0.15, -0.1) is 45.3 Å². The van der Waals surface area contributed by atoms with E-state index >= 15 is 0 Å². The highest BCUT2D eigenvalue weighted by molar-refractivity contribution is 7.26. The normalized spacial score (nSPS) is 18.2. The molecule has 0 bridgehead atoms. The number of hydrogen-bond acceptors (Lipinski definition) is 12. The summed E-state index contributed by atoms with van der Waals surface area (Å²) in [7, 11) is 0. The van der Waals surface area contributed by atoms with Crippen LogP contribution in [0.4, 0.5) is 0 Å². The largest absolute Gasteiger partial charge is 0.481 e. The van der Waals surface area contributed by atoms with Crippen LogP contribution in [0.15, 0.2) is 48.5 Å². The molecule has 6 nitrogen and oxygen atoms in total. The van der Waals surface area contributed by atoms with Crippen LogP contribution in [0.5, 0.6) is 11.5 Å². The molecule has 2 aliphatic heterocycles. The van der Waals surface area contributed by atoms with E-state index in [1.807, 2.05) is 45.3 Å². The fourth-order valence-corrected chi connectivity index (χ4v) is 19.6. The van der Waals surface area contributed by atoms with E-state index in [1.165, 1.54) is 162 Å². The molecular weight excluding hydrogens is 1150 g/mol. The Morgan fingerprint density at radius 1 is 0.369 bits per heavy atom. The molecule has 2 aromatic carbocycles. The lowest BCUT2D eigenvalue weighted by Gasteiger charge is -2.39. The van der Waals surface area contributed by atoms with Gasteiger partial charge in [-0.1, -0.05) is 184 Å². The third-order valence-corrected chi connectivity index (χ3v) is 24.8. The van der Waals surface area contributed by atoms with E-state index in [0.717, 1.165) is 120 Å². The molecule has 2 aliphatic rings. The first kappa shape index (κ1) is 63.5. The van der Waals surface area contributed by atoms with Gasteiger partial charge in [0.2, 0.25) is 0 Å². The van der Waals surface area contributed by atoms with Crippen molar-refractivity contribution in [2.75, 3.05) is 0 Å². The van der Waals surface area contributed by atoms with Crippen molar-refractivity contribution in [3.05, 3.63) is 70.1 Å². The Hall–Kier alpha value is -3.52. The zero-order valence-corrected chi connectivity index (χ0v) is 58.3. The van der Waals surface area contributed by atoms with Gasteiger partial charge in [-0.05, 0) is 142 Å². The van der Waals surface area contributed by atoms with Gasteiger partial charge in [0, 0.05) is 47.3 Å². The molecule has 6 aromatic heterocycles. The number of aryl methyl sites for hydroxylation is 2. The van der Waals surface area contributed by atoms with Crippen molar-refractivity contribution in [3.63, 3.8) is 0 Å². The van der Waals surface area contributed by atoms with E-state index in [0.29, 0.717) is 23.7 Å². The summed E-state index contributed by atoms with van der Waals surface area (Å²) in [6.45, 7) is 33.2. The maximum absolute atomic E-state index is 7.80. The Morgan fingerprint density at radius 3 is 1.11 bits per heavy atom. The molecule has 8 aromatic rings. The predicted molar refractivity (Wildman–Crippen MR) is 370 cm³/mol. The van der Waals surface area contributed by atoms with Gasteiger partial charge in [0.05, 0.1) is 43.0 Å². The second kappa shape index (κ2) is 27.9. The zero-order valence-electron chi connectivity index (χ0n) is 53.4. The maximum atomic E-state index is 7.80. The van der Waals surface area contributed by atoms with Crippen LogP contribution in [0.1, 0.15) is 233 Å². The molecule has 0 spiro atoms. The monoisotopic (exact) mass is 1240 g/mol. The number of ether oxygens (including phenoxy) is 2. The van der Waals surface area contributed by atoms with Crippen LogP contribution < -0.4 is 9.47 Å². The molecule has 84 heavy (non-hydrogen) atoms. The van der Waals surface area contributed by atoms with Gasteiger partial charge in [-0.25, -0.2) is 0 Å². The van der Waals surface area contributed by atoms with Crippen molar-refractivity contribution in [1.82, 2.24) is 17.5 Å². The summed E-state index contributed by atoms with van der Waals surface area (Å²) < 4.78 is 35.5. The summed E-state index contributed by atoms with van der Waals surface area (Å²) >= 11 is 10.3. The number of rotatable bonds is 31. The van der Waals surface area contributed by atoms with Crippen molar-refractivity contribution < 1.29 is 9.47 Å². The summed E-state index contributed by atoms with van der Waals surface area (Å²) in [6.07, 6.45) is 24.0. The van der Waals surface area contributed by atoms with Gasteiger partial charge in [0.1, 0.15) is 44.8 Å². The van der Waals surface area contributed by atoms with Gasteiger partial charge in [-0.3, -0.25) is 0 Å². The molecular formula is C72H98N4O2S6. The Balaban J connectivity index is 1.05. The van der Waals surface area contributed by atoms with E-state index in [-0.39, 0.29) is 5.60 Å². The third kappa shape index (κ3) is 14.5. The Bertz CT molecular complexity index is 3390. The molecule has 4 unspecified atom stereocenters. The standard InChI is InChI=1S/C72H98N4O2S6/c1-43(2)19-15-23-47(9)31-35-71(36-32-48(10)24-16-20-44(3)4)56-40-60(80-67(56)69-58(77-71)39-52(14)79-69)54-29-30-55(66-65(54)75-84-76-66)61-41-57-68(81-61)70-59(42-62(82-70)53-28-27-51(13)63-64(53)74-83-73-63)78-72(57,37-33-49(11)25-17-21-45(5)6)38-34-50(12)26-18-22-46(7)8/h27-30,39-50H,15-26,31-38H2,1-14H3. The first-order valence-electron chi connectivity index (χ1n) is 32.7. The Labute approximate surface area is 530 Å².